The van der Waals surface area contributed by atoms with Gasteiger partial charge in [-0.2, -0.15) is 0 Å². The summed E-state index contributed by atoms with van der Waals surface area (Å²) < 4.78 is 16.6. The zero-order chi connectivity index (χ0) is 18.6. The molecule has 0 bridgehead atoms. The minimum atomic E-state index is 0.0272. The molecule has 0 radical (unpaired) electrons. The van der Waals surface area contributed by atoms with Crippen molar-refractivity contribution in [1.29, 1.82) is 0 Å². The third kappa shape index (κ3) is 3.90. The maximum atomic E-state index is 12.5. The molecule has 0 spiro atoms. The summed E-state index contributed by atoms with van der Waals surface area (Å²) in [7, 11) is 1.66. The lowest BCUT2D eigenvalue weighted by Crippen LogP contribution is -2.40. The Kier molecular flexibility index (Phi) is 5.25. The molecule has 4 rings (SSSR count). The molecule has 0 aliphatic carbocycles. The van der Waals surface area contributed by atoms with Gasteiger partial charge in [0.1, 0.15) is 0 Å². The molecule has 1 fully saturated rings. The van der Waals surface area contributed by atoms with Gasteiger partial charge in [-0.1, -0.05) is 12.1 Å². The summed E-state index contributed by atoms with van der Waals surface area (Å²) in [5.41, 5.74) is 2.79. The van der Waals surface area contributed by atoms with E-state index in [2.05, 4.69) is 11.1 Å². The lowest BCUT2D eigenvalue weighted by Gasteiger charge is -2.27. The number of para-hydroxylation sites is 1. The van der Waals surface area contributed by atoms with Crippen LogP contribution in [-0.4, -0.2) is 55.8 Å². The average Bonchev–Trinajstić information content (AvgIpc) is 2.74. The van der Waals surface area contributed by atoms with Gasteiger partial charge in [0.15, 0.2) is 11.5 Å². The van der Waals surface area contributed by atoms with E-state index in [4.69, 9.17) is 14.2 Å². The highest BCUT2D eigenvalue weighted by atomic mass is 16.5. The molecule has 1 amide bonds. The van der Waals surface area contributed by atoms with Crippen molar-refractivity contribution in [3.8, 4) is 11.5 Å². The predicted molar refractivity (Wildman–Crippen MR) is 100 cm³/mol. The summed E-state index contributed by atoms with van der Waals surface area (Å²) in [5, 5.41) is 0. The van der Waals surface area contributed by atoms with Gasteiger partial charge in [-0.15, -0.1) is 0 Å². The Labute approximate surface area is 159 Å². The Morgan fingerprint density at radius 3 is 2.85 bits per heavy atom. The average molecular weight is 368 g/mol. The fourth-order valence-corrected chi connectivity index (χ4v) is 3.67. The van der Waals surface area contributed by atoms with Crippen LogP contribution in [0.5, 0.6) is 11.5 Å². The van der Waals surface area contributed by atoms with Crippen molar-refractivity contribution >= 4 is 5.91 Å². The van der Waals surface area contributed by atoms with E-state index in [9.17, 15) is 4.79 Å². The van der Waals surface area contributed by atoms with Gasteiger partial charge in [0, 0.05) is 30.9 Å². The van der Waals surface area contributed by atoms with Crippen molar-refractivity contribution in [3.63, 3.8) is 0 Å². The Balaban J connectivity index is 1.39. The van der Waals surface area contributed by atoms with Crippen LogP contribution in [0.3, 0.4) is 0 Å². The SMILES string of the molecule is COc1cccc2c1OC[C@H](Cc1ccc(C(=O)N3CCOCC3)cn1)C2. The van der Waals surface area contributed by atoms with E-state index >= 15 is 0 Å². The maximum absolute atomic E-state index is 12.5. The number of hydrogen-bond donors (Lipinski definition) is 0. The van der Waals surface area contributed by atoms with E-state index in [0.29, 0.717) is 44.4 Å². The highest BCUT2D eigenvalue weighted by Crippen LogP contribution is 2.36. The summed E-state index contributed by atoms with van der Waals surface area (Å²) in [6, 6.07) is 9.83. The van der Waals surface area contributed by atoms with Gasteiger partial charge in [-0.3, -0.25) is 9.78 Å². The molecule has 142 valence electrons. The van der Waals surface area contributed by atoms with Crippen molar-refractivity contribution in [2.75, 3.05) is 40.0 Å². The molecule has 3 heterocycles. The monoisotopic (exact) mass is 368 g/mol. The molecule has 1 aromatic heterocycles. The predicted octanol–water partition coefficient (Wildman–Crippen LogP) is 2.36. The molecule has 2 aromatic rings. The molecular formula is C21H24N2O4. The van der Waals surface area contributed by atoms with Crippen LogP contribution in [0.1, 0.15) is 21.6 Å². The summed E-state index contributed by atoms with van der Waals surface area (Å²) in [6.07, 6.45) is 3.44. The van der Waals surface area contributed by atoms with Gasteiger partial charge in [0.05, 0.1) is 32.5 Å². The van der Waals surface area contributed by atoms with E-state index in [0.717, 1.165) is 30.0 Å². The molecule has 6 nitrogen and oxygen atoms in total. The highest BCUT2D eigenvalue weighted by Gasteiger charge is 2.24. The summed E-state index contributed by atoms with van der Waals surface area (Å²) >= 11 is 0. The van der Waals surface area contributed by atoms with Gasteiger partial charge in [0.25, 0.3) is 5.91 Å². The first-order valence-electron chi connectivity index (χ1n) is 9.35. The van der Waals surface area contributed by atoms with E-state index in [1.54, 1.807) is 13.3 Å². The second-order valence-corrected chi connectivity index (χ2v) is 6.98. The van der Waals surface area contributed by atoms with Crippen molar-refractivity contribution < 1.29 is 19.0 Å². The van der Waals surface area contributed by atoms with Crippen molar-refractivity contribution in [3.05, 3.63) is 53.3 Å². The molecule has 2 aliphatic heterocycles. The lowest BCUT2D eigenvalue weighted by atomic mass is 9.92. The molecular weight excluding hydrogens is 344 g/mol. The Morgan fingerprint density at radius 2 is 2.11 bits per heavy atom. The first-order chi connectivity index (χ1) is 13.2. The number of nitrogens with zero attached hydrogens (tertiary/aromatic N) is 2. The van der Waals surface area contributed by atoms with Gasteiger partial charge in [-0.25, -0.2) is 0 Å². The number of aromatic nitrogens is 1. The summed E-state index contributed by atoms with van der Waals surface area (Å²) in [6.45, 7) is 3.13. The molecule has 1 saturated heterocycles. The zero-order valence-corrected chi connectivity index (χ0v) is 15.5. The number of morpholine rings is 1. The summed E-state index contributed by atoms with van der Waals surface area (Å²) in [4.78, 5) is 18.8. The Morgan fingerprint density at radius 1 is 1.26 bits per heavy atom. The van der Waals surface area contributed by atoms with E-state index in [1.165, 1.54) is 5.56 Å². The molecule has 0 saturated carbocycles. The number of methoxy groups -OCH3 is 1. The van der Waals surface area contributed by atoms with Crippen LogP contribution >= 0.6 is 0 Å². The minimum absolute atomic E-state index is 0.0272. The number of fused-ring (bicyclic) bond motifs is 1. The van der Waals surface area contributed by atoms with Gasteiger partial charge in [0.2, 0.25) is 0 Å². The fourth-order valence-electron chi connectivity index (χ4n) is 3.67. The van der Waals surface area contributed by atoms with E-state index in [-0.39, 0.29) is 5.91 Å². The normalized spacial score (nSPS) is 19.1. The van der Waals surface area contributed by atoms with Crippen molar-refractivity contribution in [2.45, 2.75) is 12.8 Å². The van der Waals surface area contributed by atoms with Crippen LogP contribution < -0.4 is 9.47 Å². The second-order valence-electron chi connectivity index (χ2n) is 6.98. The maximum Gasteiger partial charge on any atom is 0.255 e. The highest BCUT2D eigenvalue weighted by molar-refractivity contribution is 5.94. The molecule has 1 atom stereocenters. The molecule has 0 unspecified atom stereocenters. The lowest BCUT2D eigenvalue weighted by molar-refractivity contribution is 0.0302. The number of rotatable bonds is 4. The third-order valence-corrected chi connectivity index (χ3v) is 5.12. The van der Waals surface area contributed by atoms with Crippen LogP contribution in [0.15, 0.2) is 36.5 Å². The van der Waals surface area contributed by atoms with E-state index < -0.39 is 0 Å². The van der Waals surface area contributed by atoms with Crippen molar-refractivity contribution in [2.24, 2.45) is 5.92 Å². The fraction of sp³-hybridized carbons (Fsp3) is 0.429. The van der Waals surface area contributed by atoms with Crippen LogP contribution in [0.2, 0.25) is 0 Å². The molecule has 27 heavy (non-hydrogen) atoms. The quantitative estimate of drug-likeness (QED) is 0.829. The largest absolute Gasteiger partial charge is 0.493 e. The van der Waals surface area contributed by atoms with E-state index in [1.807, 2.05) is 29.2 Å². The van der Waals surface area contributed by atoms with Crippen LogP contribution in [0.25, 0.3) is 0 Å². The number of ether oxygens (including phenoxy) is 3. The van der Waals surface area contributed by atoms with Gasteiger partial charge in [-0.05, 0) is 36.6 Å². The minimum Gasteiger partial charge on any atom is -0.493 e. The molecule has 2 aliphatic rings. The van der Waals surface area contributed by atoms with Crippen molar-refractivity contribution in [1.82, 2.24) is 9.88 Å². The standard InChI is InChI=1S/C21H24N2O4/c1-25-19-4-2-3-16-11-15(14-27-20(16)19)12-18-6-5-17(13-22-18)21(24)23-7-9-26-10-8-23/h2-6,13,15H,7-12,14H2,1H3/t15-/m0/s1. The van der Waals surface area contributed by atoms with Crippen LogP contribution in [0.4, 0.5) is 0 Å². The summed E-state index contributed by atoms with van der Waals surface area (Å²) in [5.74, 6) is 2.03. The number of amides is 1. The Bertz CT molecular complexity index is 800. The first-order valence-corrected chi connectivity index (χ1v) is 9.35. The topological polar surface area (TPSA) is 60.9 Å². The second kappa shape index (κ2) is 7.96. The van der Waals surface area contributed by atoms with Crippen LogP contribution in [-0.2, 0) is 17.6 Å². The molecule has 1 aromatic carbocycles. The number of pyridine rings is 1. The molecule has 0 N–H and O–H groups in total. The number of carbonyl (C=O) groups is 1. The Hall–Kier alpha value is -2.60. The third-order valence-electron chi connectivity index (χ3n) is 5.12. The zero-order valence-electron chi connectivity index (χ0n) is 15.5. The van der Waals surface area contributed by atoms with Gasteiger partial charge >= 0.3 is 0 Å². The molecule has 6 heteroatoms. The number of carbonyl (C=O) groups excluding carboxylic acids is 1. The first kappa shape index (κ1) is 17.8. The van der Waals surface area contributed by atoms with Crippen LogP contribution in [0, 0.1) is 5.92 Å². The number of benzene rings is 1. The smallest absolute Gasteiger partial charge is 0.255 e. The van der Waals surface area contributed by atoms with Gasteiger partial charge < -0.3 is 19.1 Å². The number of hydrogen-bond acceptors (Lipinski definition) is 5.